The number of hydrogen-bond donors (Lipinski definition) is 18. The largest absolute Gasteiger partial charge is 0.508 e. The summed E-state index contributed by atoms with van der Waals surface area (Å²) in [6.07, 6.45) is -4.94. The number of alkyl carbamates (subject to hydrolysis) is 2. The average molecular weight is 1980 g/mol. The van der Waals surface area contributed by atoms with Crippen LogP contribution in [0.15, 0.2) is 156 Å². The fourth-order valence-corrected chi connectivity index (χ4v) is 15.6. The van der Waals surface area contributed by atoms with E-state index in [-0.39, 0.29) is 148 Å². The third-order valence-electron chi connectivity index (χ3n) is 21.3. The number of H-pyrrole nitrogens is 2. The topological polar surface area (TPSA) is 654 Å². The van der Waals surface area contributed by atoms with Gasteiger partial charge in [-0.05, 0) is 63.7 Å². The fraction of sp³-hybridized carbons (Fsp3) is 0.515. The van der Waals surface area contributed by atoms with E-state index in [0.717, 1.165) is 56.4 Å². The number of nitrogens with zero attached hydrogens (tertiary/aromatic N) is 2. The van der Waals surface area contributed by atoms with Crippen LogP contribution in [-0.2, 0) is 73.3 Å². The molecule has 42 nitrogen and oxygen atoms in total. The van der Waals surface area contributed by atoms with Crippen molar-refractivity contribution in [3.63, 3.8) is 0 Å². The molecule has 2 aliphatic rings. The summed E-state index contributed by atoms with van der Waals surface area (Å²) in [5, 5.41) is 95.3. The molecule has 7 aromatic rings. The second kappa shape index (κ2) is 54.5. The van der Waals surface area contributed by atoms with Gasteiger partial charge in [-0.2, -0.15) is 11.8 Å². The maximum Gasteiger partial charge on any atom is 0.407 e. The Morgan fingerprint density at radius 3 is 1.51 bits per heavy atom. The van der Waals surface area contributed by atoms with Crippen LogP contribution in [0.25, 0.3) is 22.1 Å². The van der Waals surface area contributed by atoms with Crippen molar-refractivity contribution in [3.05, 3.63) is 196 Å². The first-order chi connectivity index (χ1) is 65.6. The Morgan fingerprint density at radius 1 is 0.543 bits per heavy atom. The molecule has 766 valence electrons. The molecule has 0 spiro atoms. The molecule has 0 saturated carbocycles. The van der Waals surface area contributed by atoms with E-state index in [9.17, 15) is 112 Å². The Hall–Kier alpha value is -13.0. The second-order valence-electron chi connectivity index (χ2n) is 38.4. The summed E-state index contributed by atoms with van der Waals surface area (Å²) in [6.45, 7) is 23.8. The van der Waals surface area contributed by atoms with Crippen molar-refractivity contribution in [2.24, 2.45) is 22.0 Å². The van der Waals surface area contributed by atoms with Crippen LogP contribution in [0.4, 0.5) is 9.59 Å². The molecule has 2 aliphatic heterocycles. The van der Waals surface area contributed by atoms with E-state index in [2.05, 4.69) is 37.2 Å². The molecular weight excluding hydrogens is 1850 g/mol. The van der Waals surface area contributed by atoms with Gasteiger partial charge in [0, 0.05) is 130 Å². The van der Waals surface area contributed by atoms with Crippen LogP contribution in [0.1, 0.15) is 202 Å². The minimum atomic E-state index is -1.52. The van der Waals surface area contributed by atoms with Gasteiger partial charge in [0.05, 0.1) is 31.9 Å². The number of aromatic nitrogens is 4. The number of phenolic OH excluding ortho intramolecular Hbond substituents is 2. The molecule has 7 amide bonds. The maximum absolute atomic E-state index is 13.0. The second-order valence-corrected chi connectivity index (χ2v) is 40.2. The van der Waals surface area contributed by atoms with Crippen LogP contribution >= 0.6 is 11.8 Å². The predicted octanol–water partition coefficient (Wildman–Crippen LogP) is 5.23. The number of carboxylic acid groups (broad SMARTS) is 2. The highest BCUT2D eigenvalue weighted by Crippen LogP contribution is 2.35. The molecule has 2 fully saturated rings. The van der Waals surface area contributed by atoms with Crippen LogP contribution in [-0.4, -0.2) is 242 Å². The van der Waals surface area contributed by atoms with Crippen LogP contribution < -0.4 is 70.9 Å². The smallest absolute Gasteiger partial charge is 0.407 e. The first-order valence-corrected chi connectivity index (χ1v) is 46.5. The number of nitrogens with two attached hydrogens (primary N) is 1. The quantitative estimate of drug-likeness (QED) is 0.0218. The lowest BCUT2D eigenvalue weighted by atomic mass is 9.81. The number of nitrogens with one attached hydrogen (secondary N) is 9. The third-order valence-corrected chi connectivity index (χ3v) is 22.7. The maximum atomic E-state index is 13.0. The predicted molar refractivity (Wildman–Crippen MR) is 515 cm³/mol. The van der Waals surface area contributed by atoms with Gasteiger partial charge in [-0.25, -0.2) is 19.2 Å². The highest BCUT2D eigenvalue weighted by atomic mass is 32.2. The number of carbonyl (C=O) groups excluding carboxylic acids is 10. The standard InChI is InChI=1S/C32H45N5O10.C29H40N4O9.C22H22O5.C14H25N3O6S/c1-5-24(39)35-22(21(19-9-7-6-8-10-19)15-20(38)16-32(2,3)4)12-14-46-31(45)34-18-26(41)33-17-23-27(42)28(43)29(47-23)37-13-11-25(40)36-30(37)44;1-29(2,3)15-20(34)14-19(18-8-5-4-6-9-18)10-7-13-41-28(40)31-17-23(36)30-16-21-24(37)25(38)26(42-21)33-12-11-22(35)32-27(33)39;1-22(2,3)11-16(24)8-13-4-6-14(7-5-13)17-12-27-19-10-15(23)9-18(25)20(19)21(17)26;1-14(2,3)24-7-9(12(21)16-6-11(19)20)17-10(18)5-4-8(15)13(22)23/h6-11,13,21-23,27-29,42-43H,5,12,14-18H2,1-4H3,(H,33,41)(H,34,45)(H,35,39)(H,36,40,44);4-6,8-9,11-12,19,21,24-26,37-38H,7,10,13-17H2,1-3H3,(H,30,36)(H,31,40)(H,32,35,39);4-7,9-10,12,23,25H,8,11H2,1-3H3;8-9H,4-7,15H2,1-3H3,(H,16,21)(H,17,18)(H,19,20)(H,22,23). The van der Waals surface area contributed by atoms with Gasteiger partial charge in [-0.1, -0.05) is 175 Å². The lowest BCUT2D eigenvalue weighted by Crippen LogP contribution is -2.50. The number of thioether (sulfide) groups is 1. The van der Waals surface area contributed by atoms with Crippen molar-refractivity contribution >= 4 is 93.7 Å². The molecule has 0 radical (unpaired) electrons. The normalized spacial score (nSPS) is 17.8. The number of aliphatic carboxylic acids is 2. The zero-order valence-electron chi connectivity index (χ0n) is 80.7. The minimum Gasteiger partial charge on any atom is -0.508 e. The number of aliphatic hydroxyl groups is 4. The molecule has 19 N–H and O–H groups in total. The summed E-state index contributed by atoms with van der Waals surface area (Å²) in [4.78, 5) is 208. The molecule has 13 atom stereocenters. The van der Waals surface area contributed by atoms with Gasteiger partial charge < -0.3 is 107 Å². The molecule has 0 bridgehead atoms. The molecule has 0 aliphatic carbocycles. The Kier molecular flexibility index (Phi) is 45.0. The summed E-state index contributed by atoms with van der Waals surface area (Å²) in [7, 11) is 0. The van der Waals surface area contributed by atoms with Crippen molar-refractivity contribution in [2.45, 2.75) is 251 Å². The number of rotatable bonds is 42. The lowest BCUT2D eigenvalue weighted by molar-refractivity contribution is -0.139. The van der Waals surface area contributed by atoms with Gasteiger partial charge in [-0.15, -0.1) is 0 Å². The number of carboxylic acids is 2. The van der Waals surface area contributed by atoms with Gasteiger partial charge >= 0.3 is 35.5 Å². The molecule has 140 heavy (non-hydrogen) atoms. The number of amides is 7. The number of benzene rings is 4. The molecule has 2 saturated heterocycles. The SMILES string of the molecule is CC(C)(C)CC(=O)CC(CCCOC(=O)NCC(=O)NCC1OC(n2ccc(=O)[nH]c2=O)C(O)C1O)c1ccccc1.CC(C)(C)CC(=O)Cc1ccc(-c2coc3cc(O)cc(O)c3c2=O)cc1.CC(C)(C)SCC(NC(=O)CCC(N)C(=O)O)C(=O)NCC(=O)O.CCC(=O)NC(CCOC(=O)NCC(=O)NCC1OC(n2ccc(=O)[nH]c2=O)C(O)C1O)C(CC(=O)CC(C)(C)C)c1ccccc1. The molecule has 5 heterocycles. The minimum absolute atomic E-state index is 0.00701. The summed E-state index contributed by atoms with van der Waals surface area (Å²) in [5.74, 6) is -5.16. The van der Waals surface area contributed by atoms with Gasteiger partial charge in [0.2, 0.25) is 35.0 Å². The molecule has 43 heteroatoms. The van der Waals surface area contributed by atoms with Gasteiger partial charge in [0.1, 0.15) is 101 Å². The van der Waals surface area contributed by atoms with Crippen LogP contribution in [0.2, 0.25) is 0 Å². The summed E-state index contributed by atoms with van der Waals surface area (Å²) >= 11 is 1.43. The number of ketones is 3. The zero-order chi connectivity index (χ0) is 104. The van der Waals surface area contributed by atoms with Crippen LogP contribution in [0, 0.1) is 16.2 Å². The third kappa shape index (κ3) is 40.4. The van der Waals surface area contributed by atoms with E-state index in [4.69, 9.17) is 39.3 Å². The van der Waals surface area contributed by atoms with E-state index in [1.165, 1.54) is 24.1 Å². The van der Waals surface area contributed by atoms with Crippen LogP contribution in [0.3, 0.4) is 0 Å². The Labute approximate surface area is 811 Å². The van der Waals surface area contributed by atoms with E-state index in [0.29, 0.717) is 56.1 Å². The highest BCUT2D eigenvalue weighted by molar-refractivity contribution is 8.00. The van der Waals surface area contributed by atoms with Crippen molar-refractivity contribution in [1.82, 2.24) is 56.3 Å². The number of carbonyl (C=O) groups is 12. The summed E-state index contributed by atoms with van der Waals surface area (Å²) < 4.78 is 28.6. The molecule has 3 aromatic heterocycles. The van der Waals surface area contributed by atoms with Crippen molar-refractivity contribution in [2.75, 3.05) is 51.7 Å². The van der Waals surface area contributed by atoms with E-state index in [1.54, 1.807) is 19.1 Å². The summed E-state index contributed by atoms with van der Waals surface area (Å²) in [6, 6.07) is 28.2. The Balaban J connectivity index is 0.000000296. The lowest BCUT2D eigenvalue weighted by Gasteiger charge is -2.29. The van der Waals surface area contributed by atoms with E-state index in [1.807, 2.05) is 166 Å². The molecule has 4 aromatic carbocycles. The first-order valence-electron chi connectivity index (χ1n) is 45.5. The number of aliphatic hydroxyl groups excluding tert-OH is 4. The van der Waals surface area contributed by atoms with E-state index >= 15 is 0 Å². The average Bonchev–Trinajstić information content (AvgIpc) is 1.63. The van der Waals surface area contributed by atoms with Crippen LogP contribution in [0.5, 0.6) is 11.5 Å². The highest BCUT2D eigenvalue weighted by Gasteiger charge is 2.46. The number of ether oxygens (including phenoxy) is 4. The Morgan fingerprint density at radius 2 is 1.04 bits per heavy atom. The van der Waals surface area contributed by atoms with E-state index < -0.39 is 157 Å². The number of fused-ring (bicyclic) bond motifs is 1. The number of aromatic hydroxyl groups is 2. The van der Waals surface area contributed by atoms with Crippen molar-refractivity contribution in [1.29, 1.82) is 0 Å². The number of aromatic amines is 2. The molecule has 13 unspecified atom stereocenters. The molecular formula is C97H132N12O30S. The van der Waals surface area contributed by atoms with Gasteiger partial charge in [0.15, 0.2) is 12.5 Å². The molecule has 9 rings (SSSR count). The van der Waals surface area contributed by atoms with Gasteiger partial charge in [-0.3, -0.25) is 81.4 Å². The first kappa shape index (κ1) is 116. The number of hydrogen-bond acceptors (Lipinski definition) is 30. The van der Waals surface area contributed by atoms with Crippen molar-refractivity contribution < 1.29 is 122 Å². The number of Topliss-reactive ketones (excluding diaryl/α,β-unsaturated/α-hetero) is 3. The fourth-order valence-electron chi connectivity index (χ4n) is 14.7. The Bertz CT molecular complexity index is 5660. The summed E-state index contributed by atoms with van der Waals surface area (Å²) in [5.41, 5.74) is 5.53. The monoisotopic (exact) mass is 1980 g/mol. The zero-order valence-corrected chi connectivity index (χ0v) is 81.5. The number of phenols is 2. The van der Waals surface area contributed by atoms with Gasteiger partial charge in [0.25, 0.3) is 11.1 Å². The van der Waals surface area contributed by atoms with Crippen molar-refractivity contribution in [3.8, 4) is 22.6 Å².